The van der Waals surface area contributed by atoms with Gasteiger partial charge in [0.2, 0.25) is 16.7 Å². The maximum absolute atomic E-state index is 14.9. The zero-order valence-electron chi connectivity index (χ0n) is 16.8. The average Bonchev–Trinajstić information content (AvgIpc) is 3.42. The van der Waals surface area contributed by atoms with Gasteiger partial charge in [-0.05, 0) is 36.5 Å². The molecule has 4 heterocycles. The van der Waals surface area contributed by atoms with Crippen LogP contribution in [0.15, 0.2) is 47.1 Å². The highest BCUT2D eigenvalue weighted by molar-refractivity contribution is 7.17. The van der Waals surface area contributed by atoms with Crippen LogP contribution in [-0.2, 0) is 0 Å². The zero-order chi connectivity index (χ0) is 20.8. The van der Waals surface area contributed by atoms with E-state index in [1.54, 1.807) is 30.5 Å². The molecule has 1 aliphatic rings. The molecule has 0 bridgehead atoms. The minimum absolute atomic E-state index is 0.000520. The van der Waals surface area contributed by atoms with Crippen LogP contribution in [0.5, 0.6) is 5.88 Å². The molecule has 0 radical (unpaired) electrons. The predicted molar refractivity (Wildman–Crippen MR) is 113 cm³/mol. The number of hydrogen-bond donors (Lipinski definition) is 1. The van der Waals surface area contributed by atoms with Crippen molar-refractivity contribution in [1.82, 2.24) is 19.5 Å². The first-order valence-electron chi connectivity index (χ1n) is 10.1. The van der Waals surface area contributed by atoms with Crippen LogP contribution in [0.3, 0.4) is 0 Å². The van der Waals surface area contributed by atoms with Gasteiger partial charge in [0.25, 0.3) is 0 Å². The van der Waals surface area contributed by atoms with E-state index in [1.165, 1.54) is 21.9 Å². The number of rotatable bonds is 4. The summed E-state index contributed by atoms with van der Waals surface area (Å²) in [5.41, 5.74) is 0.560. The summed E-state index contributed by atoms with van der Waals surface area (Å²) in [5.74, 6) is 1.67. The normalized spacial score (nSPS) is 21.3. The Bertz CT molecular complexity index is 1160. The molecule has 3 aromatic heterocycles. The van der Waals surface area contributed by atoms with Crippen molar-refractivity contribution in [3.63, 3.8) is 0 Å². The Balaban J connectivity index is 1.62. The van der Waals surface area contributed by atoms with Crippen molar-refractivity contribution < 1.29 is 13.9 Å². The molecule has 0 unspecified atom stereocenters. The monoisotopic (exact) mass is 426 g/mol. The van der Waals surface area contributed by atoms with E-state index in [0.717, 1.165) is 19.5 Å². The van der Waals surface area contributed by atoms with E-state index in [0.29, 0.717) is 38.8 Å². The largest absolute Gasteiger partial charge is 0.492 e. The molecule has 156 valence electrons. The Kier molecular flexibility index (Phi) is 4.83. The number of benzene rings is 1. The number of piperidine rings is 1. The number of fused-ring (bicyclic) bond motifs is 1. The molecule has 3 atom stereocenters. The molecule has 6 nitrogen and oxygen atoms in total. The van der Waals surface area contributed by atoms with Gasteiger partial charge in [-0.1, -0.05) is 43.4 Å². The lowest BCUT2D eigenvalue weighted by atomic mass is 9.89. The first-order valence-corrected chi connectivity index (χ1v) is 10.9. The Morgan fingerprint density at radius 1 is 1.17 bits per heavy atom. The second-order valence-corrected chi connectivity index (χ2v) is 9.23. The van der Waals surface area contributed by atoms with Crippen molar-refractivity contribution in [2.45, 2.75) is 26.3 Å². The molecule has 1 saturated heterocycles. The van der Waals surface area contributed by atoms with Gasteiger partial charge in [-0.2, -0.15) is 9.50 Å². The van der Waals surface area contributed by atoms with E-state index >= 15 is 0 Å². The minimum Gasteiger partial charge on any atom is -0.492 e. The highest BCUT2D eigenvalue weighted by atomic mass is 32.1. The molecule has 1 N–H and O–H groups in total. The standard InChI is InChI=1S/C22H23FN4O2S/c1-13-10-14(2)12-26(11-13)18(15-6-3-4-7-16(15)23)19-21(28)27-22(30-19)24-20(25-27)17-8-5-9-29-17/h3-9,13-14,18,28H,10-12H2,1-2H3/t13-,14-,18-/m1/s1. The highest BCUT2D eigenvalue weighted by Gasteiger charge is 2.35. The zero-order valence-corrected chi connectivity index (χ0v) is 17.6. The molecule has 8 heteroatoms. The van der Waals surface area contributed by atoms with Crippen LogP contribution in [0.2, 0.25) is 0 Å². The lowest BCUT2D eigenvalue weighted by Crippen LogP contribution is -2.41. The fourth-order valence-electron chi connectivity index (χ4n) is 4.56. The van der Waals surface area contributed by atoms with Crippen LogP contribution >= 0.6 is 11.3 Å². The molecule has 5 rings (SSSR count). The number of likely N-dealkylation sites (tertiary alicyclic amines) is 1. The summed E-state index contributed by atoms with van der Waals surface area (Å²) in [6, 6.07) is 9.95. The summed E-state index contributed by atoms with van der Waals surface area (Å²) in [4.78, 5) is 7.99. The summed E-state index contributed by atoms with van der Waals surface area (Å²) in [6.07, 6.45) is 2.71. The Morgan fingerprint density at radius 3 is 2.60 bits per heavy atom. The number of halogens is 1. The van der Waals surface area contributed by atoms with E-state index in [-0.39, 0.29) is 11.7 Å². The van der Waals surface area contributed by atoms with Crippen LogP contribution in [0.25, 0.3) is 16.5 Å². The third-order valence-electron chi connectivity index (χ3n) is 5.65. The second-order valence-electron chi connectivity index (χ2n) is 8.22. The molecule has 0 amide bonds. The smallest absolute Gasteiger partial charge is 0.230 e. The van der Waals surface area contributed by atoms with Gasteiger partial charge in [0, 0.05) is 18.7 Å². The van der Waals surface area contributed by atoms with Gasteiger partial charge in [-0.3, -0.25) is 4.90 Å². The maximum Gasteiger partial charge on any atom is 0.230 e. The van der Waals surface area contributed by atoms with E-state index in [1.807, 2.05) is 6.07 Å². The second kappa shape index (κ2) is 7.52. The van der Waals surface area contributed by atoms with Gasteiger partial charge < -0.3 is 9.52 Å². The molecule has 0 aliphatic carbocycles. The van der Waals surface area contributed by atoms with E-state index < -0.39 is 6.04 Å². The van der Waals surface area contributed by atoms with Crippen LogP contribution < -0.4 is 0 Å². The molecule has 1 aliphatic heterocycles. The average molecular weight is 427 g/mol. The van der Waals surface area contributed by atoms with E-state index in [2.05, 4.69) is 28.8 Å². The fraction of sp³-hybridized carbons (Fsp3) is 0.364. The first kappa shape index (κ1) is 19.3. The molecular formula is C22H23FN4O2S. The Hall–Kier alpha value is -2.71. The van der Waals surface area contributed by atoms with Crippen LogP contribution in [0, 0.1) is 17.7 Å². The van der Waals surface area contributed by atoms with Crippen molar-refractivity contribution in [3.8, 4) is 17.5 Å². The third-order valence-corrected chi connectivity index (χ3v) is 6.72. The summed E-state index contributed by atoms with van der Waals surface area (Å²) >= 11 is 1.34. The Morgan fingerprint density at radius 2 is 1.93 bits per heavy atom. The first-order chi connectivity index (χ1) is 14.5. The summed E-state index contributed by atoms with van der Waals surface area (Å²) in [5, 5.41) is 15.5. The number of hydrogen-bond acceptors (Lipinski definition) is 6. The summed E-state index contributed by atoms with van der Waals surface area (Å²) in [6.45, 7) is 6.13. The van der Waals surface area contributed by atoms with Gasteiger partial charge in [0.05, 0.1) is 17.2 Å². The molecular weight excluding hydrogens is 403 g/mol. The van der Waals surface area contributed by atoms with Gasteiger partial charge >= 0.3 is 0 Å². The van der Waals surface area contributed by atoms with Crippen molar-refractivity contribution in [2.75, 3.05) is 13.1 Å². The number of aromatic nitrogens is 3. The number of thiazole rings is 1. The lowest BCUT2D eigenvalue weighted by Gasteiger charge is -2.40. The van der Waals surface area contributed by atoms with Crippen molar-refractivity contribution in [3.05, 3.63) is 58.9 Å². The van der Waals surface area contributed by atoms with Crippen LogP contribution in [0.1, 0.15) is 36.8 Å². The highest BCUT2D eigenvalue weighted by Crippen LogP contribution is 2.43. The summed E-state index contributed by atoms with van der Waals surface area (Å²) < 4.78 is 21.7. The number of furan rings is 1. The maximum atomic E-state index is 14.9. The molecule has 1 aromatic carbocycles. The molecule has 1 fully saturated rings. The quantitative estimate of drug-likeness (QED) is 0.499. The topological polar surface area (TPSA) is 66.8 Å². The van der Waals surface area contributed by atoms with E-state index in [9.17, 15) is 9.50 Å². The fourth-order valence-corrected chi connectivity index (χ4v) is 5.67. The van der Waals surface area contributed by atoms with Crippen LogP contribution in [0.4, 0.5) is 4.39 Å². The van der Waals surface area contributed by atoms with Crippen LogP contribution in [-0.4, -0.2) is 37.7 Å². The van der Waals surface area contributed by atoms with Gasteiger partial charge in [-0.15, -0.1) is 5.10 Å². The number of aromatic hydroxyl groups is 1. The molecule has 30 heavy (non-hydrogen) atoms. The van der Waals surface area contributed by atoms with Gasteiger partial charge in [0.1, 0.15) is 5.82 Å². The predicted octanol–water partition coefficient (Wildman–Crippen LogP) is 4.96. The Labute approximate surface area is 177 Å². The third kappa shape index (κ3) is 3.30. The molecule has 0 spiro atoms. The van der Waals surface area contributed by atoms with Crippen molar-refractivity contribution in [1.29, 1.82) is 0 Å². The van der Waals surface area contributed by atoms with Crippen molar-refractivity contribution >= 4 is 16.3 Å². The lowest BCUT2D eigenvalue weighted by molar-refractivity contribution is 0.110. The summed E-state index contributed by atoms with van der Waals surface area (Å²) in [7, 11) is 0. The number of nitrogens with zero attached hydrogens (tertiary/aromatic N) is 4. The molecule has 0 saturated carbocycles. The van der Waals surface area contributed by atoms with Gasteiger partial charge in [0.15, 0.2) is 5.76 Å². The van der Waals surface area contributed by atoms with E-state index in [4.69, 9.17) is 4.42 Å². The SMILES string of the molecule is C[C@@H]1C[C@@H](C)CN([C@H](c2ccccc2F)c2sc3nc(-c4ccco4)nn3c2O)C1. The molecule has 4 aromatic rings. The van der Waals surface area contributed by atoms with Crippen molar-refractivity contribution in [2.24, 2.45) is 11.8 Å². The minimum atomic E-state index is -0.392. The van der Waals surface area contributed by atoms with Gasteiger partial charge in [-0.25, -0.2) is 4.39 Å².